The molecule has 0 aliphatic carbocycles. The molecule has 0 aromatic heterocycles. The summed E-state index contributed by atoms with van der Waals surface area (Å²) < 4.78 is 0. The van der Waals surface area contributed by atoms with Crippen molar-refractivity contribution in [2.24, 2.45) is 0 Å². The van der Waals surface area contributed by atoms with Crippen LogP contribution in [0.5, 0.6) is 0 Å². The van der Waals surface area contributed by atoms with Crippen molar-refractivity contribution in [3.05, 3.63) is 48.0 Å². The van der Waals surface area contributed by atoms with E-state index in [9.17, 15) is 4.79 Å². The van der Waals surface area contributed by atoms with Crippen LogP contribution in [-0.2, 0) is 11.2 Å². The molecule has 18 heavy (non-hydrogen) atoms. The first-order valence-electron chi connectivity index (χ1n) is 5.91. The number of carbonyl (C=O) groups is 1. The third-order valence-corrected chi connectivity index (χ3v) is 2.79. The molecule has 0 aliphatic rings. The van der Waals surface area contributed by atoms with Crippen molar-refractivity contribution in [1.82, 2.24) is 5.32 Å². The Bertz CT molecular complexity index is 593. The topological polar surface area (TPSA) is 52.9 Å². The average Bonchev–Trinajstić information content (AvgIpc) is 2.39. The van der Waals surface area contributed by atoms with E-state index >= 15 is 0 Å². The van der Waals surface area contributed by atoms with Gasteiger partial charge in [0.05, 0.1) is 18.9 Å². The van der Waals surface area contributed by atoms with E-state index in [1.165, 1.54) is 0 Å². The Hall–Kier alpha value is -2.34. The summed E-state index contributed by atoms with van der Waals surface area (Å²) in [6.07, 6.45) is 0.702. The van der Waals surface area contributed by atoms with Gasteiger partial charge in [-0.2, -0.15) is 5.26 Å². The molecule has 0 radical (unpaired) electrons. The molecule has 1 amide bonds. The van der Waals surface area contributed by atoms with Gasteiger partial charge in [0.2, 0.25) is 5.91 Å². The van der Waals surface area contributed by atoms with Gasteiger partial charge in [-0.1, -0.05) is 42.5 Å². The summed E-state index contributed by atoms with van der Waals surface area (Å²) in [5, 5.41) is 13.4. The highest BCUT2D eigenvalue weighted by molar-refractivity contribution is 5.90. The van der Waals surface area contributed by atoms with Crippen LogP contribution in [0.1, 0.15) is 12.0 Å². The summed E-state index contributed by atoms with van der Waals surface area (Å²) in [5.74, 6) is -0.0402. The van der Waals surface area contributed by atoms with Crippen LogP contribution < -0.4 is 5.32 Å². The molecule has 3 nitrogen and oxygen atoms in total. The Balaban J connectivity index is 2.12. The molecule has 0 spiro atoms. The lowest BCUT2D eigenvalue weighted by molar-refractivity contribution is -0.120. The number of nitrogens with zero attached hydrogens (tertiary/aromatic N) is 1. The molecule has 0 saturated carbocycles. The maximum Gasteiger partial charge on any atom is 0.224 e. The second-order valence-corrected chi connectivity index (χ2v) is 4.07. The molecule has 0 atom stereocenters. The molecule has 0 unspecified atom stereocenters. The van der Waals surface area contributed by atoms with Gasteiger partial charge >= 0.3 is 0 Å². The van der Waals surface area contributed by atoms with E-state index < -0.39 is 0 Å². The summed E-state index contributed by atoms with van der Waals surface area (Å²) >= 11 is 0. The SMILES string of the molecule is N#CCCNC(=O)Cc1cccc2ccccc12. The van der Waals surface area contributed by atoms with Gasteiger partial charge in [-0.05, 0) is 16.3 Å². The first kappa shape index (κ1) is 12.1. The Labute approximate surface area is 106 Å². The van der Waals surface area contributed by atoms with Crippen LogP contribution in [0.25, 0.3) is 10.8 Å². The Morgan fingerprint density at radius 1 is 1.17 bits per heavy atom. The molecule has 0 bridgehead atoms. The molecular formula is C15H14N2O. The number of fused-ring (bicyclic) bond motifs is 1. The van der Waals surface area contributed by atoms with Crippen LogP contribution in [-0.4, -0.2) is 12.5 Å². The van der Waals surface area contributed by atoms with E-state index in [2.05, 4.69) is 5.32 Å². The summed E-state index contributed by atoms with van der Waals surface area (Å²) in [4.78, 5) is 11.7. The van der Waals surface area contributed by atoms with Crippen LogP contribution >= 0.6 is 0 Å². The summed E-state index contributed by atoms with van der Waals surface area (Å²) in [6, 6.07) is 16.0. The van der Waals surface area contributed by atoms with E-state index in [4.69, 9.17) is 5.26 Å². The van der Waals surface area contributed by atoms with Crippen LogP contribution in [0.15, 0.2) is 42.5 Å². The third-order valence-electron chi connectivity index (χ3n) is 2.79. The van der Waals surface area contributed by atoms with Crippen LogP contribution in [0, 0.1) is 11.3 Å². The van der Waals surface area contributed by atoms with Gasteiger partial charge in [-0.3, -0.25) is 4.79 Å². The van der Waals surface area contributed by atoms with E-state index in [0.717, 1.165) is 16.3 Å². The molecule has 0 fully saturated rings. The highest BCUT2D eigenvalue weighted by atomic mass is 16.1. The molecule has 1 N–H and O–H groups in total. The van der Waals surface area contributed by atoms with Gasteiger partial charge in [0.25, 0.3) is 0 Å². The lowest BCUT2D eigenvalue weighted by atomic mass is 10.0. The second-order valence-electron chi connectivity index (χ2n) is 4.07. The average molecular weight is 238 g/mol. The molecule has 0 heterocycles. The highest BCUT2D eigenvalue weighted by Gasteiger charge is 2.05. The first-order valence-corrected chi connectivity index (χ1v) is 5.91. The largest absolute Gasteiger partial charge is 0.355 e. The van der Waals surface area contributed by atoms with Crippen molar-refractivity contribution in [3.63, 3.8) is 0 Å². The molecule has 2 rings (SSSR count). The third kappa shape index (κ3) is 2.86. The molecule has 90 valence electrons. The fourth-order valence-electron chi connectivity index (χ4n) is 1.94. The number of hydrogen-bond donors (Lipinski definition) is 1. The van der Waals surface area contributed by atoms with Crippen molar-refractivity contribution in [2.45, 2.75) is 12.8 Å². The molecule has 2 aromatic rings. The van der Waals surface area contributed by atoms with Crippen molar-refractivity contribution in [1.29, 1.82) is 5.26 Å². The zero-order valence-electron chi connectivity index (χ0n) is 10.0. The summed E-state index contributed by atoms with van der Waals surface area (Å²) in [6.45, 7) is 0.417. The van der Waals surface area contributed by atoms with E-state index in [-0.39, 0.29) is 5.91 Å². The number of nitriles is 1. The predicted octanol–water partition coefficient (Wildman–Crippen LogP) is 2.41. The minimum atomic E-state index is -0.0402. The van der Waals surface area contributed by atoms with Crippen LogP contribution in [0.4, 0.5) is 0 Å². The number of carbonyl (C=O) groups excluding carboxylic acids is 1. The van der Waals surface area contributed by atoms with Crippen molar-refractivity contribution < 1.29 is 4.79 Å². The molecule has 0 saturated heterocycles. The fraction of sp³-hybridized carbons (Fsp3) is 0.200. The first-order chi connectivity index (χ1) is 8.81. The van der Waals surface area contributed by atoms with Gasteiger partial charge in [0.1, 0.15) is 0 Å². The maximum atomic E-state index is 11.7. The molecular weight excluding hydrogens is 224 g/mol. The number of benzene rings is 2. The summed E-state index contributed by atoms with van der Waals surface area (Å²) in [7, 11) is 0. The van der Waals surface area contributed by atoms with Crippen LogP contribution in [0.3, 0.4) is 0 Å². The number of hydrogen-bond acceptors (Lipinski definition) is 2. The second kappa shape index (κ2) is 5.83. The lowest BCUT2D eigenvalue weighted by Gasteiger charge is -2.06. The molecule has 3 heteroatoms. The van der Waals surface area contributed by atoms with Gasteiger partial charge < -0.3 is 5.32 Å². The van der Waals surface area contributed by atoms with Gasteiger partial charge in [-0.25, -0.2) is 0 Å². The minimum Gasteiger partial charge on any atom is -0.355 e. The van der Waals surface area contributed by atoms with Crippen molar-refractivity contribution >= 4 is 16.7 Å². The van der Waals surface area contributed by atoms with Gasteiger partial charge in [-0.15, -0.1) is 0 Å². The highest BCUT2D eigenvalue weighted by Crippen LogP contribution is 2.18. The summed E-state index contributed by atoms with van der Waals surface area (Å²) in [5.41, 5.74) is 1.02. The van der Waals surface area contributed by atoms with Gasteiger partial charge in [0, 0.05) is 6.54 Å². The smallest absolute Gasteiger partial charge is 0.224 e. The van der Waals surface area contributed by atoms with E-state index in [1.54, 1.807) is 0 Å². The zero-order chi connectivity index (χ0) is 12.8. The quantitative estimate of drug-likeness (QED) is 0.831. The van der Waals surface area contributed by atoms with Gasteiger partial charge in [0.15, 0.2) is 0 Å². The molecule has 0 aliphatic heterocycles. The number of nitrogens with one attached hydrogen (secondary N) is 1. The van der Waals surface area contributed by atoms with E-state index in [1.807, 2.05) is 48.5 Å². The number of rotatable bonds is 4. The Morgan fingerprint density at radius 2 is 1.94 bits per heavy atom. The normalized spacial score (nSPS) is 9.94. The minimum absolute atomic E-state index is 0.0402. The van der Waals surface area contributed by atoms with Crippen molar-refractivity contribution in [3.8, 4) is 6.07 Å². The van der Waals surface area contributed by atoms with Crippen LogP contribution in [0.2, 0.25) is 0 Å². The van der Waals surface area contributed by atoms with E-state index in [0.29, 0.717) is 19.4 Å². The van der Waals surface area contributed by atoms with Crippen molar-refractivity contribution in [2.75, 3.05) is 6.54 Å². The lowest BCUT2D eigenvalue weighted by Crippen LogP contribution is -2.25. The monoisotopic (exact) mass is 238 g/mol. The fourth-order valence-corrected chi connectivity index (χ4v) is 1.94. The Morgan fingerprint density at radius 3 is 2.78 bits per heavy atom. The molecule has 2 aromatic carbocycles. The maximum absolute atomic E-state index is 11.7. The zero-order valence-corrected chi connectivity index (χ0v) is 10.0. The number of amides is 1. The Kier molecular flexibility index (Phi) is 3.93. The predicted molar refractivity (Wildman–Crippen MR) is 70.9 cm³/mol. The standard InChI is InChI=1S/C15H14N2O/c16-9-4-10-17-15(18)11-13-7-3-6-12-5-1-2-8-14(12)13/h1-3,5-8H,4,10-11H2,(H,17,18).